The summed E-state index contributed by atoms with van der Waals surface area (Å²) < 4.78 is 2.22. The highest BCUT2D eigenvalue weighted by Gasteiger charge is 2.28. The van der Waals surface area contributed by atoms with Crippen LogP contribution in [0, 0.1) is 13.8 Å². The van der Waals surface area contributed by atoms with E-state index in [1.807, 2.05) is 54.6 Å². The van der Waals surface area contributed by atoms with Crippen LogP contribution in [0.5, 0.6) is 0 Å². The Kier molecular flexibility index (Phi) is 9.16. The van der Waals surface area contributed by atoms with Crippen molar-refractivity contribution in [3.05, 3.63) is 204 Å². The molecule has 0 aliphatic rings. The summed E-state index contributed by atoms with van der Waals surface area (Å²) >= 11 is 0. The Bertz CT molecular complexity index is 2840. The molecule has 0 spiro atoms. The molecule has 4 heteroatoms. The first-order chi connectivity index (χ1) is 27.9. The van der Waals surface area contributed by atoms with Crippen molar-refractivity contribution in [3.8, 4) is 50.2 Å². The summed E-state index contributed by atoms with van der Waals surface area (Å²) in [5.74, 6) is -0.284. The topological polar surface area (TPSA) is 42.3 Å². The van der Waals surface area contributed by atoms with E-state index in [-0.39, 0.29) is 5.91 Å². The Morgan fingerprint density at radius 1 is 0.491 bits per heavy atom. The summed E-state index contributed by atoms with van der Waals surface area (Å²) in [6.45, 7) is 4.18. The lowest BCUT2D eigenvalue weighted by Gasteiger charge is -2.25. The molecule has 0 unspecified atom stereocenters. The van der Waals surface area contributed by atoms with Crippen molar-refractivity contribution in [2.75, 3.05) is 11.9 Å². The van der Waals surface area contributed by atoms with Crippen molar-refractivity contribution in [3.63, 3.8) is 0 Å². The first-order valence-corrected chi connectivity index (χ1v) is 19.2. The lowest BCUT2D eigenvalue weighted by Crippen LogP contribution is -2.29. The van der Waals surface area contributed by atoms with Crippen LogP contribution >= 0.6 is 0 Å². The first kappa shape index (κ1) is 35.4. The number of aryl methyl sites for hydroxylation is 2. The van der Waals surface area contributed by atoms with Gasteiger partial charge in [0.1, 0.15) is 0 Å². The van der Waals surface area contributed by atoms with Gasteiger partial charge in [-0.15, -0.1) is 0 Å². The zero-order chi connectivity index (χ0) is 39.0. The fourth-order valence-corrected chi connectivity index (χ4v) is 8.13. The van der Waals surface area contributed by atoms with Crippen LogP contribution in [0.25, 0.3) is 72.0 Å². The van der Waals surface area contributed by atoms with E-state index in [1.54, 1.807) is 18.0 Å². The number of aldehydes is 1. The van der Waals surface area contributed by atoms with Crippen LogP contribution < -0.4 is 4.90 Å². The third-order valence-electron chi connectivity index (χ3n) is 11.0. The van der Waals surface area contributed by atoms with E-state index in [1.165, 1.54) is 11.1 Å². The smallest absolute Gasteiger partial charge is 0.260 e. The summed E-state index contributed by atoms with van der Waals surface area (Å²) in [6, 6.07) is 62.1. The van der Waals surface area contributed by atoms with Gasteiger partial charge in [-0.1, -0.05) is 175 Å². The fourth-order valence-electron chi connectivity index (χ4n) is 8.13. The molecule has 0 saturated heterocycles. The third kappa shape index (κ3) is 6.31. The zero-order valence-electron chi connectivity index (χ0n) is 32.1. The largest absolute Gasteiger partial charge is 0.311 e. The summed E-state index contributed by atoms with van der Waals surface area (Å²) in [4.78, 5) is 30.2. The van der Waals surface area contributed by atoms with Gasteiger partial charge in [-0.25, -0.2) is 0 Å². The number of hydrogen-bond donors (Lipinski definition) is 0. The van der Waals surface area contributed by atoms with Crippen LogP contribution in [0.3, 0.4) is 0 Å². The van der Waals surface area contributed by atoms with Gasteiger partial charge >= 0.3 is 0 Å². The Balaban J connectivity index is 1.32. The number of aromatic nitrogens is 1. The molecule has 0 N–H and O–H groups in total. The van der Waals surface area contributed by atoms with Gasteiger partial charge in [0.15, 0.2) is 6.29 Å². The second-order valence-corrected chi connectivity index (χ2v) is 14.7. The molecule has 9 aromatic rings. The molecule has 8 aromatic carbocycles. The van der Waals surface area contributed by atoms with Crippen molar-refractivity contribution in [2.24, 2.45) is 0 Å². The monoisotopic (exact) mass is 736 g/mol. The number of carbonyl (C=O) groups is 2. The fraction of sp³-hybridized carbons (Fsp3) is 0.0566. The number of rotatable bonds is 8. The number of anilines is 1. The maximum atomic E-state index is 15.4. The molecule has 57 heavy (non-hydrogen) atoms. The zero-order valence-corrected chi connectivity index (χ0v) is 32.1. The Hall–Kier alpha value is -7.30. The molecule has 1 heterocycles. The number of hydrogen-bond acceptors (Lipinski definition) is 2. The maximum Gasteiger partial charge on any atom is 0.260 e. The molecule has 0 atom stereocenters. The quantitative estimate of drug-likeness (QED) is 0.146. The molecule has 1 amide bonds. The van der Waals surface area contributed by atoms with Crippen LogP contribution in [0.1, 0.15) is 31.8 Å². The van der Waals surface area contributed by atoms with E-state index < -0.39 is 0 Å². The number of fused-ring (bicyclic) bond motifs is 3. The Labute approximate surface area is 332 Å². The number of para-hydroxylation sites is 2. The average molecular weight is 737 g/mol. The van der Waals surface area contributed by atoms with Crippen LogP contribution in [-0.2, 0) is 0 Å². The van der Waals surface area contributed by atoms with E-state index in [4.69, 9.17) is 0 Å². The molecular weight excluding hydrogens is 697 g/mol. The first-order valence-electron chi connectivity index (χ1n) is 19.2. The lowest BCUT2D eigenvalue weighted by molar-refractivity contribution is 0.0986. The molecule has 4 nitrogen and oxygen atoms in total. The van der Waals surface area contributed by atoms with Gasteiger partial charge in [0.05, 0.1) is 28.0 Å². The van der Waals surface area contributed by atoms with E-state index in [2.05, 4.69) is 140 Å². The molecule has 0 saturated carbocycles. The van der Waals surface area contributed by atoms with E-state index in [9.17, 15) is 4.79 Å². The second-order valence-electron chi connectivity index (χ2n) is 14.7. The molecular formula is C53H40N2O2. The highest BCUT2D eigenvalue weighted by molar-refractivity contribution is 6.19. The normalized spacial score (nSPS) is 11.2. The predicted molar refractivity (Wildman–Crippen MR) is 237 cm³/mol. The highest BCUT2D eigenvalue weighted by Crippen LogP contribution is 2.43. The van der Waals surface area contributed by atoms with E-state index in [0.29, 0.717) is 16.8 Å². The minimum absolute atomic E-state index is 0.284. The van der Waals surface area contributed by atoms with E-state index >= 15 is 4.79 Å². The van der Waals surface area contributed by atoms with Crippen LogP contribution in [0.4, 0.5) is 5.69 Å². The molecule has 0 fully saturated rings. The van der Waals surface area contributed by atoms with Crippen molar-refractivity contribution in [1.82, 2.24) is 4.57 Å². The van der Waals surface area contributed by atoms with Crippen LogP contribution in [0.15, 0.2) is 182 Å². The van der Waals surface area contributed by atoms with Crippen LogP contribution in [-0.4, -0.2) is 23.8 Å². The van der Waals surface area contributed by atoms with Crippen molar-refractivity contribution in [2.45, 2.75) is 13.8 Å². The summed E-state index contributed by atoms with van der Waals surface area (Å²) in [6.07, 6.45) is 0.802. The summed E-state index contributed by atoms with van der Waals surface area (Å²) in [5.41, 5.74) is 14.5. The minimum Gasteiger partial charge on any atom is -0.311 e. The summed E-state index contributed by atoms with van der Waals surface area (Å²) in [7, 11) is 1.80. The SMILES string of the molecule is Cc1ccc(-c2cccc3c4cccc(-c5ccc(C)cc5)c4n(-c4cccc(C=O)c4C(=O)N(C)c4ccc(-c5ccccc5)cc4-c4ccccc4)c23)cc1. The molecule has 0 aliphatic carbocycles. The minimum atomic E-state index is -0.284. The number of carbonyl (C=O) groups excluding carboxylic acids is 2. The molecule has 0 aliphatic heterocycles. The maximum absolute atomic E-state index is 15.4. The Morgan fingerprint density at radius 3 is 1.53 bits per heavy atom. The standard InChI is InChI=1S/C53H40N2O2/c1-35-23-27-39(28-24-35)43-18-11-20-45-46-21-12-19-44(40-29-25-36(2)26-30-40)52(46)55(51(43)45)49-22-10-17-42(34-56)50(49)53(57)54(3)48-32-31-41(37-13-6-4-7-14-37)33-47(48)38-15-8-5-9-16-38/h4-34H,1-3H3. The van der Waals surface area contributed by atoms with Gasteiger partial charge in [-0.3, -0.25) is 9.59 Å². The van der Waals surface area contributed by atoms with Gasteiger partial charge in [0.2, 0.25) is 0 Å². The molecule has 9 rings (SSSR count). The lowest BCUT2D eigenvalue weighted by atomic mass is 9.96. The molecule has 0 radical (unpaired) electrons. The van der Waals surface area contributed by atoms with Gasteiger partial charge in [0, 0.05) is 40.1 Å². The third-order valence-corrected chi connectivity index (χ3v) is 11.0. The highest BCUT2D eigenvalue weighted by atomic mass is 16.2. The second kappa shape index (κ2) is 14.7. The number of nitrogens with zero attached hydrogens (tertiary/aromatic N) is 2. The van der Waals surface area contributed by atoms with Crippen LogP contribution in [0.2, 0.25) is 0 Å². The van der Waals surface area contributed by atoms with Gasteiger partial charge in [0.25, 0.3) is 5.91 Å². The average Bonchev–Trinajstić information content (AvgIpc) is 3.61. The molecule has 274 valence electrons. The number of amides is 1. The Morgan fingerprint density at radius 2 is 0.982 bits per heavy atom. The van der Waals surface area contributed by atoms with Crippen molar-refractivity contribution in [1.29, 1.82) is 0 Å². The molecule has 0 bridgehead atoms. The van der Waals surface area contributed by atoms with Crippen molar-refractivity contribution >= 4 is 39.7 Å². The van der Waals surface area contributed by atoms with Crippen molar-refractivity contribution < 1.29 is 9.59 Å². The van der Waals surface area contributed by atoms with E-state index in [0.717, 1.165) is 78.3 Å². The summed E-state index contributed by atoms with van der Waals surface area (Å²) in [5, 5.41) is 2.12. The number of benzene rings is 8. The molecule has 1 aromatic heterocycles. The van der Waals surface area contributed by atoms with Gasteiger partial charge in [-0.05, 0) is 59.9 Å². The predicted octanol–water partition coefficient (Wildman–Crippen LogP) is 13.2. The van der Waals surface area contributed by atoms with Gasteiger partial charge < -0.3 is 9.47 Å². The van der Waals surface area contributed by atoms with Gasteiger partial charge in [-0.2, -0.15) is 0 Å².